The van der Waals surface area contributed by atoms with Crippen LogP contribution in [0.3, 0.4) is 0 Å². The highest BCUT2D eigenvalue weighted by Gasteiger charge is 2.22. The molecule has 0 radical (unpaired) electrons. The molecule has 0 aliphatic rings. The smallest absolute Gasteiger partial charge is 0.303 e. The van der Waals surface area contributed by atoms with Crippen LogP contribution in [0, 0.1) is 11.8 Å². The van der Waals surface area contributed by atoms with Crippen molar-refractivity contribution in [3.8, 4) is 0 Å². The Morgan fingerprint density at radius 3 is 2.20 bits per heavy atom. The molecule has 0 saturated carbocycles. The van der Waals surface area contributed by atoms with E-state index < -0.39 is 5.97 Å². The second-order valence-electron chi connectivity index (χ2n) is 5.47. The van der Waals surface area contributed by atoms with Crippen molar-refractivity contribution in [2.75, 3.05) is 0 Å². The van der Waals surface area contributed by atoms with Crippen LogP contribution in [-0.2, 0) is 9.59 Å². The Labute approximate surface area is 124 Å². The van der Waals surface area contributed by atoms with Crippen molar-refractivity contribution in [1.82, 2.24) is 0 Å². The summed E-state index contributed by atoms with van der Waals surface area (Å²) >= 11 is 1.33. The third kappa shape index (κ3) is 5.78. The van der Waals surface area contributed by atoms with Crippen molar-refractivity contribution < 1.29 is 14.7 Å². The van der Waals surface area contributed by atoms with E-state index in [0.29, 0.717) is 12.3 Å². The van der Waals surface area contributed by atoms with Gasteiger partial charge in [0.25, 0.3) is 0 Å². The van der Waals surface area contributed by atoms with Gasteiger partial charge >= 0.3 is 5.97 Å². The van der Waals surface area contributed by atoms with E-state index in [1.165, 1.54) is 11.8 Å². The van der Waals surface area contributed by atoms with Gasteiger partial charge in [0.15, 0.2) is 5.12 Å². The van der Waals surface area contributed by atoms with Gasteiger partial charge in [-0.1, -0.05) is 62.9 Å². The summed E-state index contributed by atoms with van der Waals surface area (Å²) in [5.74, 6) is -0.615. The zero-order valence-corrected chi connectivity index (χ0v) is 13.0. The molecule has 0 aliphatic carbocycles. The molecule has 0 bridgehead atoms. The van der Waals surface area contributed by atoms with Crippen LogP contribution < -0.4 is 0 Å². The molecule has 4 heteroatoms. The summed E-state index contributed by atoms with van der Waals surface area (Å²) in [4.78, 5) is 22.7. The number of thioether (sulfide) groups is 1. The SMILES string of the molecule is CC(C)[C@H](SC(=O)C[C@H](C)CC(=O)O)c1ccccc1. The van der Waals surface area contributed by atoms with E-state index in [1.807, 2.05) is 30.3 Å². The average molecular weight is 294 g/mol. The van der Waals surface area contributed by atoms with E-state index in [2.05, 4.69) is 13.8 Å². The molecule has 1 aromatic rings. The lowest BCUT2D eigenvalue weighted by molar-refractivity contribution is -0.138. The fraction of sp³-hybridized carbons (Fsp3) is 0.500. The molecule has 0 fully saturated rings. The first-order valence-corrected chi connectivity index (χ1v) is 7.74. The van der Waals surface area contributed by atoms with Gasteiger partial charge in [-0.3, -0.25) is 9.59 Å². The molecule has 0 amide bonds. The molecule has 1 N–H and O–H groups in total. The van der Waals surface area contributed by atoms with Gasteiger partial charge in [0, 0.05) is 18.1 Å². The lowest BCUT2D eigenvalue weighted by atomic mass is 10.0. The van der Waals surface area contributed by atoms with Gasteiger partial charge in [0.2, 0.25) is 0 Å². The maximum atomic E-state index is 12.1. The molecule has 110 valence electrons. The van der Waals surface area contributed by atoms with Crippen LogP contribution in [0.15, 0.2) is 30.3 Å². The number of hydrogen-bond acceptors (Lipinski definition) is 3. The Bertz CT molecular complexity index is 442. The number of aliphatic carboxylic acids is 1. The number of carbonyl (C=O) groups excluding carboxylic acids is 1. The van der Waals surface area contributed by atoms with Crippen molar-refractivity contribution in [2.24, 2.45) is 11.8 Å². The maximum Gasteiger partial charge on any atom is 0.303 e. The molecule has 0 aliphatic heterocycles. The molecule has 0 unspecified atom stereocenters. The molecule has 3 nitrogen and oxygen atoms in total. The Kier molecular flexibility index (Phi) is 6.79. The number of carboxylic acid groups (broad SMARTS) is 1. The molecule has 1 aromatic carbocycles. The van der Waals surface area contributed by atoms with E-state index >= 15 is 0 Å². The van der Waals surface area contributed by atoms with E-state index in [-0.39, 0.29) is 22.7 Å². The van der Waals surface area contributed by atoms with Crippen molar-refractivity contribution in [3.63, 3.8) is 0 Å². The molecule has 20 heavy (non-hydrogen) atoms. The quantitative estimate of drug-likeness (QED) is 0.821. The molecule has 2 atom stereocenters. The molecular weight excluding hydrogens is 272 g/mol. The van der Waals surface area contributed by atoms with Crippen LogP contribution in [0.5, 0.6) is 0 Å². The Balaban J connectivity index is 2.63. The van der Waals surface area contributed by atoms with E-state index in [1.54, 1.807) is 6.92 Å². The van der Waals surface area contributed by atoms with Crippen LogP contribution >= 0.6 is 11.8 Å². The average Bonchev–Trinajstić information content (AvgIpc) is 2.35. The number of carboxylic acids is 1. The highest BCUT2D eigenvalue weighted by atomic mass is 32.2. The highest BCUT2D eigenvalue weighted by Crippen LogP contribution is 2.37. The highest BCUT2D eigenvalue weighted by molar-refractivity contribution is 8.13. The fourth-order valence-corrected chi connectivity index (χ4v) is 3.31. The number of rotatable bonds is 7. The Morgan fingerprint density at radius 2 is 1.70 bits per heavy atom. The van der Waals surface area contributed by atoms with Crippen LogP contribution in [0.2, 0.25) is 0 Å². The van der Waals surface area contributed by atoms with Gasteiger partial charge in [-0.2, -0.15) is 0 Å². The minimum atomic E-state index is -0.848. The van der Waals surface area contributed by atoms with Crippen LogP contribution in [0.4, 0.5) is 0 Å². The third-order valence-corrected chi connectivity index (χ3v) is 4.53. The first-order chi connectivity index (χ1) is 9.40. The zero-order valence-electron chi connectivity index (χ0n) is 12.2. The number of hydrogen-bond donors (Lipinski definition) is 1. The largest absolute Gasteiger partial charge is 0.481 e. The Hall–Kier alpha value is -1.29. The summed E-state index contributed by atoms with van der Waals surface area (Å²) in [6.45, 7) is 6.00. The lowest BCUT2D eigenvalue weighted by Crippen LogP contribution is -2.11. The summed E-state index contributed by atoms with van der Waals surface area (Å²) in [5.41, 5.74) is 1.15. The second-order valence-corrected chi connectivity index (χ2v) is 6.67. The summed E-state index contributed by atoms with van der Waals surface area (Å²) in [6, 6.07) is 9.98. The molecule has 0 spiro atoms. The summed E-state index contributed by atoms with van der Waals surface area (Å²) in [7, 11) is 0. The summed E-state index contributed by atoms with van der Waals surface area (Å²) < 4.78 is 0. The number of benzene rings is 1. The molecule has 1 rings (SSSR count). The van der Waals surface area contributed by atoms with E-state index in [9.17, 15) is 9.59 Å². The van der Waals surface area contributed by atoms with Crippen molar-refractivity contribution in [2.45, 2.75) is 38.9 Å². The van der Waals surface area contributed by atoms with Crippen molar-refractivity contribution in [1.29, 1.82) is 0 Å². The Morgan fingerprint density at radius 1 is 1.10 bits per heavy atom. The monoisotopic (exact) mass is 294 g/mol. The normalized spacial score (nSPS) is 14.0. The minimum Gasteiger partial charge on any atom is -0.481 e. The molecular formula is C16H22O3S. The van der Waals surface area contributed by atoms with Gasteiger partial charge < -0.3 is 5.11 Å². The van der Waals surface area contributed by atoms with E-state index in [4.69, 9.17) is 5.11 Å². The maximum absolute atomic E-state index is 12.1. The van der Waals surface area contributed by atoms with Crippen LogP contribution in [-0.4, -0.2) is 16.2 Å². The van der Waals surface area contributed by atoms with Gasteiger partial charge in [0.1, 0.15) is 0 Å². The van der Waals surface area contributed by atoms with Crippen molar-refractivity contribution in [3.05, 3.63) is 35.9 Å². The van der Waals surface area contributed by atoms with Gasteiger partial charge in [-0.25, -0.2) is 0 Å². The van der Waals surface area contributed by atoms with Gasteiger partial charge in [-0.05, 0) is 17.4 Å². The van der Waals surface area contributed by atoms with Crippen molar-refractivity contribution >= 4 is 22.8 Å². The zero-order chi connectivity index (χ0) is 15.1. The first kappa shape index (κ1) is 16.8. The molecule has 0 heterocycles. The predicted octanol–water partition coefficient (Wildman–Crippen LogP) is 4.14. The number of carbonyl (C=O) groups is 2. The van der Waals surface area contributed by atoms with Gasteiger partial charge in [-0.15, -0.1) is 0 Å². The molecule has 0 aromatic heterocycles. The fourth-order valence-electron chi connectivity index (χ4n) is 2.08. The second kappa shape index (κ2) is 8.10. The lowest BCUT2D eigenvalue weighted by Gasteiger charge is -2.20. The van der Waals surface area contributed by atoms with Gasteiger partial charge in [0.05, 0.1) is 0 Å². The van der Waals surface area contributed by atoms with E-state index in [0.717, 1.165) is 5.56 Å². The summed E-state index contributed by atoms with van der Waals surface area (Å²) in [6.07, 6.45) is 0.358. The molecule has 0 saturated heterocycles. The predicted molar refractivity (Wildman–Crippen MR) is 82.7 cm³/mol. The standard InChI is InChI=1S/C16H22O3S/c1-11(2)16(13-7-5-4-6-8-13)20-15(19)10-12(3)9-14(17)18/h4-8,11-12,16H,9-10H2,1-3H3,(H,17,18)/t12-,16+/m1/s1. The first-order valence-electron chi connectivity index (χ1n) is 6.86. The minimum absolute atomic E-state index is 0.0456. The topological polar surface area (TPSA) is 54.4 Å². The van der Waals surface area contributed by atoms with Crippen LogP contribution in [0.25, 0.3) is 0 Å². The van der Waals surface area contributed by atoms with Crippen LogP contribution in [0.1, 0.15) is 44.4 Å². The summed E-state index contributed by atoms with van der Waals surface area (Å²) in [5, 5.41) is 8.92. The third-order valence-electron chi connectivity index (χ3n) is 3.03.